The van der Waals surface area contributed by atoms with Gasteiger partial charge in [0, 0.05) is 29.4 Å². The molecule has 1 aromatic carbocycles. The van der Waals surface area contributed by atoms with E-state index in [0.29, 0.717) is 27.9 Å². The highest BCUT2D eigenvalue weighted by Gasteiger charge is 2.25. The second kappa shape index (κ2) is 6.30. The standard InChI is InChI=1S/C18H11FN2O4S/c1-24-14-3-2-9(5-13(14)19)12-8-20-7-10-4-11(25-16(10)12)6-15-17(22)21-18(23)26-15/h2-8H,1H3,(H,21,22,23)/b15-6+. The smallest absolute Gasteiger partial charge is 0.290 e. The number of furan rings is 1. The lowest BCUT2D eigenvalue weighted by atomic mass is 10.1. The lowest BCUT2D eigenvalue weighted by molar-refractivity contribution is -0.115. The molecule has 1 N–H and O–H groups in total. The Morgan fingerprint density at radius 2 is 2.12 bits per heavy atom. The number of fused-ring (bicyclic) bond motifs is 1. The Bertz CT molecular complexity index is 1090. The van der Waals surface area contributed by atoms with Gasteiger partial charge in [-0.05, 0) is 35.5 Å². The van der Waals surface area contributed by atoms with Crippen LogP contribution in [0.25, 0.3) is 28.2 Å². The summed E-state index contributed by atoms with van der Waals surface area (Å²) in [5, 5.41) is 2.46. The third-order valence-corrected chi connectivity index (χ3v) is 4.63. The van der Waals surface area contributed by atoms with Crippen LogP contribution in [-0.2, 0) is 4.79 Å². The van der Waals surface area contributed by atoms with Crippen LogP contribution in [-0.4, -0.2) is 23.2 Å². The van der Waals surface area contributed by atoms with Crippen LogP contribution in [0.5, 0.6) is 5.75 Å². The number of rotatable bonds is 3. The minimum Gasteiger partial charge on any atom is -0.494 e. The number of hydrogen-bond donors (Lipinski definition) is 1. The maximum atomic E-state index is 14.0. The zero-order valence-electron chi connectivity index (χ0n) is 13.4. The highest BCUT2D eigenvalue weighted by Crippen LogP contribution is 2.34. The highest BCUT2D eigenvalue weighted by molar-refractivity contribution is 8.18. The Hall–Kier alpha value is -3.13. The number of pyridine rings is 1. The fraction of sp³-hybridized carbons (Fsp3) is 0.0556. The predicted octanol–water partition coefficient (Wildman–Crippen LogP) is 3.97. The molecular formula is C18H11FN2O4S. The summed E-state index contributed by atoms with van der Waals surface area (Å²) in [6.07, 6.45) is 4.67. The number of nitrogens with zero attached hydrogens (tertiary/aromatic N) is 1. The molecular weight excluding hydrogens is 359 g/mol. The Balaban J connectivity index is 1.79. The Labute approximate surface area is 151 Å². The first kappa shape index (κ1) is 16.3. The molecule has 6 nitrogen and oxygen atoms in total. The molecule has 1 aliphatic heterocycles. The van der Waals surface area contributed by atoms with E-state index < -0.39 is 17.0 Å². The second-order valence-electron chi connectivity index (χ2n) is 5.46. The van der Waals surface area contributed by atoms with Crippen molar-refractivity contribution in [2.45, 2.75) is 0 Å². The maximum Gasteiger partial charge on any atom is 0.290 e. The number of methoxy groups -OCH3 is 1. The van der Waals surface area contributed by atoms with Crippen molar-refractivity contribution in [1.29, 1.82) is 0 Å². The van der Waals surface area contributed by atoms with E-state index in [9.17, 15) is 14.0 Å². The van der Waals surface area contributed by atoms with Gasteiger partial charge in [0.05, 0.1) is 12.0 Å². The van der Waals surface area contributed by atoms with Gasteiger partial charge in [-0.1, -0.05) is 6.07 Å². The van der Waals surface area contributed by atoms with Gasteiger partial charge in [-0.3, -0.25) is 19.9 Å². The van der Waals surface area contributed by atoms with E-state index in [1.165, 1.54) is 25.3 Å². The fourth-order valence-electron chi connectivity index (χ4n) is 2.64. The summed E-state index contributed by atoms with van der Waals surface area (Å²) < 4.78 is 24.8. The second-order valence-corrected chi connectivity index (χ2v) is 6.47. The van der Waals surface area contributed by atoms with Crippen molar-refractivity contribution in [3.63, 3.8) is 0 Å². The largest absolute Gasteiger partial charge is 0.494 e. The lowest BCUT2D eigenvalue weighted by Gasteiger charge is -2.05. The highest BCUT2D eigenvalue weighted by atomic mass is 32.2. The van der Waals surface area contributed by atoms with Crippen LogP contribution >= 0.6 is 11.8 Å². The van der Waals surface area contributed by atoms with E-state index >= 15 is 0 Å². The average molecular weight is 370 g/mol. The van der Waals surface area contributed by atoms with Crippen LogP contribution < -0.4 is 10.1 Å². The molecule has 0 atom stereocenters. The van der Waals surface area contributed by atoms with Gasteiger partial charge in [-0.25, -0.2) is 4.39 Å². The molecule has 8 heteroatoms. The summed E-state index contributed by atoms with van der Waals surface area (Å²) in [5.74, 6) is -0.409. The zero-order valence-corrected chi connectivity index (χ0v) is 14.2. The molecule has 0 spiro atoms. The first-order valence-corrected chi connectivity index (χ1v) is 8.33. The number of imide groups is 1. The van der Waals surface area contributed by atoms with Gasteiger partial charge >= 0.3 is 0 Å². The number of ether oxygens (including phenoxy) is 1. The summed E-state index contributed by atoms with van der Waals surface area (Å²) in [6, 6.07) is 6.28. The summed E-state index contributed by atoms with van der Waals surface area (Å²) in [6.45, 7) is 0. The SMILES string of the molecule is COc1ccc(-c2cncc3cc(/C=C4/SC(=O)NC4=O)oc23)cc1F. The van der Waals surface area contributed by atoms with E-state index in [0.717, 1.165) is 11.8 Å². The molecule has 0 unspecified atom stereocenters. The first-order valence-electron chi connectivity index (χ1n) is 7.51. The monoisotopic (exact) mass is 370 g/mol. The molecule has 1 aliphatic rings. The van der Waals surface area contributed by atoms with Crippen molar-refractivity contribution >= 4 is 40.0 Å². The van der Waals surface area contributed by atoms with Crippen molar-refractivity contribution in [3.8, 4) is 16.9 Å². The minimum absolute atomic E-state index is 0.146. The van der Waals surface area contributed by atoms with Crippen LogP contribution in [0.15, 0.2) is 46.0 Å². The number of halogens is 1. The number of thioether (sulfide) groups is 1. The number of carbonyl (C=O) groups excluding carboxylic acids is 2. The quantitative estimate of drug-likeness (QED) is 0.703. The third-order valence-electron chi connectivity index (χ3n) is 3.82. The average Bonchev–Trinajstić information content (AvgIpc) is 3.16. The Kier molecular flexibility index (Phi) is 3.96. The van der Waals surface area contributed by atoms with Crippen LogP contribution in [0.2, 0.25) is 0 Å². The predicted molar refractivity (Wildman–Crippen MR) is 95.1 cm³/mol. The number of hydrogen-bond acceptors (Lipinski definition) is 6. The van der Waals surface area contributed by atoms with Crippen LogP contribution in [0.4, 0.5) is 9.18 Å². The van der Waals surface area contributed by atoms with E-state index in [-0.39, 0.29) is 10.7 Å². The number of amides is 2. The zero-order chi connectivity index (χ0) is 18.3. The molecule has 130 valence electrons. The van der Waals surface area contributed by atoms with Crippen LogP contribution in [0.1, 0.15) is 5.76 Å². The van der Waals surface area contributed by atoms with Gasteiger partial charge in [-0.15, -0.1) is 0 Å². The number of carbonyl (C=O) groups is 2. The molecule has 0 aliphatic carbocycles. The maximum absolute atomic E-state index is 14.0. The van der Waals surface area contributed by atoms with Gasteiger partial charge in [0.2, 0.25) is 0 Å². The molecule has 1 saturated heterocycles. The molecule has 0 saturated carbocycles. The van der Waals surface area contributed by atoms with Crippen molar-refractivity contribution in [2.24, 2.45) is 0 Å². The molecule has 3 aromatic rings. The topological polar surface area (TPSA) is 81.4 Å². The molecule has 0 bridgehead atoms. The van der Waals surface area contributed by atoms with Gasteiger partial charge in [0.1, 0.15) is 11.3 Å². The molecule has 1 fully saturated rings. The first-order chi connectivity index (χ1) is 12.5. The van der Waals surface area contributed by atoms with Crippen molar-refractivity contribution in [1.82, 2.24) is 10.3 Å². The van der Waals surface area contributed by atoms with Gasteiger partial charge in [0.25, 0.3) is 11.1 Å². The van der Waals surface area contributed by atoms with E-state index in [1.807, 2.05) is 0 Å². The summed E-state index contributed by atoms with van der Waals surface area (Å²) in [5.41, 5.74) is 1.69. The molecule has 2 amide bonds. The van der Waals surface area contributed by atoms with E-state index in [4.69, 9.17) is 9.15 Å². The van der Waals surface area contributed by atoms with E-state index in [1.54, 1.807) is 24.5 Å². The molecule has 4 rings (SSSR count). The molecule has 2 aromatic heterocycles. The number of benzene rings is 1. The molecule has 26 heavy (non-hydrogen) atoms. The van der Waals surface area contributed by atoms with Gasteiger partial charge in [0.15, 0.2) is 11.6 Å². The van der Waals surface area contributed by atoms with Crippen LogP contribution in [0, 0.1) is 5.82 Å². The third kappa shape index (κ3) is 2.84. The summed E-state index contributed by atoms with van der Waals surface area (Å²) in [7, 11) is 1.40. The van der Waals surface area contributed by atoms with Crippen molar-refractivity contribution < 1.29 is 23.1 Å². The van der Waals surface area contributed by atoms with Gasteiger partial charge in [-0.2, -0.15) is 0 Å². The lowest BCUT2D eigenvalue weighted by Crippen LogP contribution is -2.17. The van der Waals surface area contributed by atoms with Crippen molar-refractivity contribution in [3.05, 3.63) is 53.1 Å². The van der Waals surface area contributed by atoms with Crippen LogP contribution in [0.3, 0.4) is 0 Å². The van der Waals surface area contributed by atoms with Crippen molar-refractivity contribution in [2.75, 3.05) is 7.11 Å². The summed E-state index contributed by atoms with van der Waals surface area (Å²) in [4.78, 5) is 27.3. The Morgan fingerprint density at radius 1 is 1.27 bits per heavy atom. The normalized spacial score (nSPS) is 15.7. The van der Waals surface area contributed by atoms with Gasteiger partial charge < -0.3 is 9.15 Å². The summed E-state index contributed by atoms with van der Waals surface area (Å²) >= 11 is 0.807. The molecule has 3 heterocycles. The number of aromatic nitrogens is 1. The molecule has 0 radical (unpaired) electrons. The van der Waals surface area contributed by atoms with E-state index in [2.05, 4.69) is 10.3 Å². The number of nitrogens with one attached hydrogen (secondary N) is 1. The Morgan fingerprint density at radius 3 is 2.81 bits per heavy atom. The minimum atomic E-state index is -0.492. The fourth-order valence-corrected chi connectivity index (χ4v) is 3.31.